The number of carbonyl (C=O) groups is 1. The molecule has 1 heterocycles. The van der Waals surface area contributed by atoms with E-state index in [0.29, 0.717) is 6.04 Å². The van der Waals surface area contributed by atoms with E-state index in [0.717, 1.165) is 26.1 Å². The Labute approximate surface area is 116 Å². The molecule has 0 spiro atoms. The molecule has 1 aliphatic rings. The first-order chi connectivity index (χ1) is 8.95. The Hall–Kier alpha value is -1.35. The maximum Gasteiger partial charge on any atom is 0.225 e. The van der Waals surface area contributed by atoms with Gasteiger partial charge in [0, 0.05) is 31.1 Å². The predicted molar refractivity (Wildman–Crippen MR) is 77.7 cm³/mol. The first-order valence-corrected chi connectivity index (χ1v) is 7.02. The van der Waals surface area contributed by atoms with E-state index in [9.17, 15) is 4.79 Å². The van der Waals surface area contributed by atoms with E-state index in [1.807, 2.05) is 26.8 Å². The van der Waals surface area contributed by atoms with Crippen molar-refractivity contribution >= 4 is 5.91 Å². The molecule has 3 nitrogen and oxygen atoms in total. The number of nitrogens with one attached hydrogen (secondary N) is 1. The van der Waals surface area contributed by atoms with E-state index in [4.69, 9.17) is 0 Å². The number of amides is 1. The molecule has 1 saturated heterocycles. The van der Waals surface area contributed by atoms with Crippen molar-refractivity contribution in [1.29, 1.82) is 0 Å². The molecule has 19 heavy (non-hydrogen) atoms. The van der Waals surface area contributed by atoms with Gasteiger partial charge >= 0.3 is 0 Å². The van der Waals surface area contributed by atoms with Crippen molar-refractivity contribution < 1.29 is 4.79 Å². The summed E-state index contributed by atoms with van der Waals surface area (Å²) in [4.78, 5) is 14.4. The van der Waals surface area contributed by atoms with Crippen molar-refractivity contribution in [2.45, 2.75) is 39.8 Å². The molecule has 0 aliphatic carbocycles. The van der Waals surface area contributed by atoms with E-state index in [2.05, 4.69) is 34.5 Å². The second-order valence-electron chi connectivity index (χ2n) is 6.43. The highest BCUT2D eigenvalue weighted by molar-refractivity contribution is 5.81. The Bertz CT molecular complexity index is 422. The van der Waals surface area contributed by atoms with Crippen molar-refractivity contribution in [3.63, 3.8) is 0 Å². The van der Waals surface area contributed by atoms with E-state index in [1.54, 1.807) is 0 Å². The highest BCUT2D eigenvalue weighted by Gasteiger charge is 2.28. The molecule has 1 aromatic rings. The maximum atomic E-state index is 12.0. The molecule has 1 N–H and O–H groups in total. The third kappa shape index (κ3) is 4.06. The summed E-state index contributed by atoms with van der Waals surface area (Å²) < 4.78 is 0. The topological polar surface area (TPSA) is 32.3 Å². The fourth-order valence-electron chi connectivity index (χ4n) is 2.34. The highest BCUT2D eigenvalue weighted by Crippen LogP contribution is 2.17. The molecule has 2 rings (SSSR count). The summed E-state index contributed by atoms with van der Waals surface area (Å²) >= 11 is 0. The zero-order valence-corrected chi connectivity index (χ0v) is 12.1. The molecule has 0 aromatic heterocycles. The smallest absolute Gasteiger partial charge is 0.225 e. The van der Waals surface area contributed by atoms with Gasteiger partial charge in [-0.2, -0.15) is 0 Å². The molecule has 3 heteroatoms. The Kier molecular flexibility index (Phi) is 4.25. The third-order valence-corrected chi connectivity index (χ3v) is 3.54. The number of hydrogen-bond donors (Lipinski definition) is 1. The minimum Gasteiger partial charge on any atom is -0.352 e. The van der Waals surface area contributed by atoms with Crippen LogP contribution in [0.25, 0.3) is 0 Å². The zero-order chi connectivity index (χ0) is 13.9. The molecule has 104 valence electrons. The average Bonchev–Trinajstić information content (AvgIpc) is 2.76. The van der Waals surface area contributed by atoms with Crippen LogP contribution in [-0.4, -0.2) is 29.9 Å². The molecule has 0 radical (unpaired) electrons. The van der Waals surface area contributed by atoms with E-state index >= 15 is 0 Å². The minimum absolute atomic E-state index is 0.152. The highest BCUT2D eigenvalue weighted by atomic mass is 16.2. The first-order valence-electron chi connectivity index (χ1n) is 7.02. The molecule has 1 atom stereocenters. The average molecular weight is 260 g/mol. The molecule has 1 aromatic carbocycles. The lowest BCUT2D eigenvalue weighted by Crippen LogP contribution is -2.42. The molecular formula is C16H24N2O. The number of rotatable bonds is 3. The lowest BCUT2D eigenvalue weighted by Gasteiger charge is -2.22. The summed E-state index contributed by atoms with van der Waals surface area (Å²) in [7, 11) is 0. The normalized spacial score (nSPS) is 20.5. The van der Waals surface area contributed by atoms with Crippen LogP contribution in [0, 0.1) is 5.41 Å². The summed E-state index contributed by atoms with van der Waals surface area (Å²) in [6.07, 6.45) is 1.05. The predicted octanol–water partition coefficient (Wildman–Crippen LogP) is 2.42. The minimum atomic E-state index is -0.299. The fraction of sp³-hybridized carbons (Fsp3) is 0.562. The molecule has 1 amide bonds. The summed E-state index contributed by atoms with van der Waals surface area (Å²) in [5.41, 5.74) is 1.04. The van der Waals surface area contributed by atoms with Crippen molar-refractivity contribution in [1.82, 2.24) is 10.2 Å². The summed E-state index contributed by atoms with van der Waals surface area (Å²) in [6.45, 7) is 8.86. The number of nitrogens with zero attached hydrogens (tertiary/aromatic N) is 1. The van der Waals surface area contributed by atoms with Crippen LogP contribution in [0.1, 0.15) is 32.8 Å². The van der Waals surface area contributed by atoms with E-state index in [-0.39, 0.29) is 11.3 Å². The van der Waals surface area contributed by atoms with E-state index in [1.165, 1.54) is 5.56 Å². The standard InChI is InChI=1S/C16H24N2O/c1-16(2,3)15(19)17-14-9-10-18(12-14)11-13-7-5-4-6-8-13/h4-8,14H,9-12H2,1-3H3,(H,17,19)/t14-/m1/s1. The van der Waals surface area contributed by atoms with Gasteiger partial charge in [0.1, 0.15) is 0 Å². The van der Waals surface area contributed by atoms with Gasteiger partial charge in [0.15, 0.2) is 0 Å². The van der Waals surface area contributed by atoms with Gasteiger partial charge < -0.3 is 5.32 Å². The zero-order valence-electron chi connectivity index (χ0n) is 12.1. The monoisotopic (exact) mass is 260 g/mol. The third-order valence-electron chi connectivity index (χ3n) is 3.54. The van der Waals surface area contributed by atoms with Gasteiger partial charge in [0.2, 0.25) is 5.91 Å². The molecule has 1 fully saturated rings. The SMILES string of the molecule is CC(C)(C)C(=O)N[C@@H]1CCN(Cc2ccccc2)C1. The second-order valence-corrected chi connectivity index (χ2v) is 6.43. The molecule has 1 aliphatic heterocycles. The van der Waals surface area contributed by atoms with Crippen LogP contribution in [0.15, 0.2) is 30.3 Å². The van der Waals surface area contributed by atoms with Crippen molar-refractivity contribution in [3.8, 4) is 0 Å². The van der Waals surface area contributed by atoms with Crippen molar-refractivity contribution in [3.05, 3.63) is 35.9 Å². The van der Waals surface area contributed by atoms with Gasteiger partial charge in [0.05, 0.1) is 0 Å². The maximum absolute atomic E-state index is 12.0. The number of carbonyl (C=O) groups excluding carboxylic acids is 1. The first kappa shape index (κ1) is 14.1. The van der Waals surface area contributed by atoms with Gasteiger partial charge in [0.25, 0.3) is 0 Å². The fourth-order valence-corrected chi connectivity index (χ4v) is 2.34. The van der Waals surface area contributed by atoms with Crippen LogP contribution in [0.2, 0.25) is 0 Å². The van der Waals surface area contributed by atoms with E-state index < -0.39 is 0 Å². The molecule has 0 bridgehead atoms. The van der Waals surface area contributed by atoms with Crippen molar-refractivity contribution in [2.75, 3.05) is 13.1 Å². The lowest BCUT2D eigenvalue weighted by molar-refractivity contribution is -0.129. The van der Waals surface area contributed by atoms with Gasteiger partial charge in [-0.25, -0.2) is 0 Å². The molecule has 0 unspecified atom stereocenters. The summed E-state index contributed by atoms with van der Waals surface area (Å²) in [5, 5.41) is 3.15. The quantitative estimate of drug-likeness (QED) is 0.905. The van der Waals surface area contributed by atoms with Gasteiger partial charge in [-0.1, -0.05) is 51.1 Å². The number of hydrogen-bond acceptors (Lipinski definition) is 2. The molecule has 0 saturated carbocycles. The molecular weight excluding hydrogens is 236 g/mol. The Balaban J connectivity index is 1.82. The van der Waals surface area contributed by atoms with Crippen LogP contribution < -0.4 is 5.32 Å². The van der Waals surface area contributed by atoms with Gasteiger partial charge in [-0.15, -0.1) is 0 Å². The number of benzene rings is 1. The largest absolute Gasteiger partial charge is 0.352 e. The van der Waals surface area contributed by atoms with Crippen LogP contribution in [0.3, 0.4) is 0 Å². The Morgan fingerprint density at radius 2 is 2.00 bits per heavy atom. The van der Waals surface area contributed by atoms with Crippen LogP contribution in [0.4, 0.5) is 0 Å². The van der Waals surface area contributed by atoms with Crippen molar-refractivity contribution in [2.24, 2.45) is 5.41 Å². The van der Waals surface area contributed by atoms with Crippen LogP contribution in [0.5, 0.6) is 0 Å². The lowest BCUT2D eigenvalue weighted by atomic mass is 9.95. The van der Waals surface area contributed by atoms with Crippen LogP contribution in [-0.2, 0) is 11.3 Å². The Morgan fingerprint density at radius 1 is 1.32 bits per heavy atom. The Morgan fingerprint density at radius 3 is 2.63 bits per heavy atom. The van der Waals surface area contributed by atoms with Crippen LogP contribution >= 0.6 is 0 Å². The van der Waals surface area contributed by atoms with Gasteiger partial charge in [-0.05, 0) is 12.0 Å². The second kappa shape index (κ2) is 5.74. The summed E-state index contributed by atoms with van der Waals surface area (Å²) in [5.74, 6) is 0.152. The number of likely N-dealkylation sites (tertiary alicyclic amines) is 1. The van der Waals surface area contributed by atoms with Gasteiger partial charge in [-0.3, -0.25) is 9.69 Å². The summed E-state index contributed by atoms with van der Waals surface area (Å²) in [6, 6.07) is 10.8.